The Balaban J connectivity index is 1.55. The van der Waals surface area contributed by atoms with Crippen LogP contribution in [0.5, 0.6) is 0 Å². The van der Waals surface area contributed by atoms with Crippen molar-refractivity contribution in [3.05, 3.63) is 99.2 Å². The van der Waals surface area contributed by atoms with Crippen molar-refractivity contribution in [3.63, 3.8) is 0 Å². The molecule has 2 aromatic heterocycles. The number of amides is 1. The zero-order valence-electron chi connectivity index (χ0n) is 16.4. The highest BCUT2D eigenvalue weighted by Gasteiger charge is 2.34. The van der Waals surface area contributed by atoms with Crippen LogP contribution in [0.4, 0.5) is 5.13 Å². The number of halogens is 1. The molecule has 0 radical (unpaired) electrons. The molecule has 0 unspecified atom stereocenters. The maximum absolute atomic E-state index is 13.4. The summed E-state index contributed by atoms with van der Waals surface area (Å²) < 4.78 is 6.67. The fourth-order valence-corrected chi connectivity index (χ4v) is 4.32. The van der Waals surface area contributed by atoms with Crippen LogP contribution in [0, 0.1) is 6.92 Å². The van der Waals surface area contributed by atoms with Gasteiger partial charge in [-0.1, -0.05) is 58.4 Å². The lowest BCUT2D eigenvalue weighted by molar-refractivity contribution is -0.114. The third kappa shape index (κ3) is 3.89. The van der Waals surface area contributed by atoms with Gasteiger partial charge >= 0.3 is 0 Å². The second kappa shape index (κ2) is 8.09. The molecule has 1 aliphatic heterocycles. The van der Waals surface area contributed by atoms with Gasteiger partial charge in [0.05, 0.1) is 11.3 Å². The first-order chi connectivity index (χ1) is 15.1. The van der Waals surface area contributed by atoms with Crippen molar-refractivity contribution in [3.8, 4) is 11.3 Å². The molecule has 0 fully saturated rings. The van der Waals surface area contributed by atoms with Crippen LogP contribution in [0.15, 0.2) is 91.7 Å². The normalized spacial score (nSPS) is 15.0. The lowest BCUT2D eigenvalue weighted by atomic mass is 10.0. The number of anilines is 1. The van der Waals surface area contributed by atoms with E-state index in [9.17, 15) is 4.79 Å². The first kappa shape index (κ1) is 19.7. The van der Waals surface area contributed by atoms with Crippen molar-refractivity contribution in [1.29, 1.82) is 0 Å². The largest absolute Gasteiger partial charge is 0.462 e. The minimum absolute atomic E-state index is 0.232. The molecule has 2 aromatic carbocycles. The highest BCUT2D eigenvalue weighted by molar-refractivity contribution is 9.10. The Kier molecular flexibility index (Phi) is 5.13. The molecular weight excluding hydrogens is 474 g/mol. The summed E-state index contributed by atoms with van der Waals surface area (Å²) in [5, 5.41) is 8.47. The average Bonchev–Trinajstić information content (AvgIpc) is 3.50. The fraction of sp³-hybridized carbons (Fsp3) is 0.0417. The number of carbonyl (C=O) groups excluding carboxylic acids is 1. The predicted molar refractivity (Wildman–Crippen MR) is 127 cm³/mol. The smallest absolute Gasteiger partial charge is 0.283 e. The molecule has 5 rings (SSSR count). The van der Waals surface area contributed by atoms with Crippen LogP contribution in [-0.4, -0.2) is 16.6 Å². The minimum atomic E-state index is -0.232. The molecule has 0 aliphatic carbocycles. The maximum Gasteiger partial charge on any atom is 0.283 e. The van der Waals surface area contributed by atoms with Crippen molar-refractivity contribution >= 4 is 50.1 Å². The molecule has 152 valence electrons. The molecule has 4 aromatic rings. The average molecular weight is 490 g/mol. The van der Waals surface area contributed by atoms with E-state index in [1.165, 1.54) is 16.3 Å². The number of aryl methyl sites for hydroxylation is 1. The highest BCUT2D eigenvalue weighted by atomic mass is 79.9. The Morgan fingerprint density at radius 1 is 1.00 bits per heavy atom. The molecule has 5 nitrogen and oxygen atoms in total. The van der Waals surface area contributed by atoms with Gasteiger partial charge in [0.25, 0.3) is 5.91 Å². The number of nitrogens with zero attached hydrogens (tertiary/aromatic N) is 3. The second-order valence-electron chi connectivity index (χ2n) is 6.96. The molecule has 0 N–H and O–H groups in total. The Bertz CT molecular complexity index is 1320. The Morgan fingerprint density at radius 3 is 2.48 bits per heavy atom. The fourth-order valence-electron chi connectivity index (χ4n) is 3.27. The van der Waals surface area contributed by atoms with Crippen LogP contribution in [0.1, 0.15) is 17.1 Å². The van der Waals surface area contributed by atoms with E-state index in [-0.39, 0.29) is 5.91 Å². The summed E-state index contributed by atoms with van der Waals surface area (Å²) in [7, 11) is 0. The summed E-state index contributed by atoms with van der Waals surface area (Å²) in [5.74, 6) is 1.16. The molecule has 0 bridgehead atoms. The van der Waals surface area contributed by atoms with Gasteiger partial charge in [0.2, 0.25) is 5.13 Å². The van der Waals surface area contributed by atoms with Crippen molar-refractivity contribution in [2.24, 2.45) is 5.10 Å². The molecule has 0 atom stereocenters. The molecular formula is C24H16BrN3O2S. The molecule has 3 heterocycles. The van der Waals surface area contributed by atoms with Gasteiger partial charge in [-0.2, -0.15) is 10.1 Å². The first-order valence-corrected chi connectivity index (χ1v) is 11.2. The van der Waals surface area contributed by atoms with Gasteiger partial charge in [-0.05, 0) is 37.3 Å². The predicted octanol–water partition coefficient (Wildman–Crippen LogP) is 6.31. The lowest BCUT2D eigenvalue weighted by Gasteiger charge is -2.06. The maximum atomic E-state index is 13.4. The molecule has 7 heteroatoms. The second-order valence-corrected chi connectivity index (χ2v) is 8.71. The van der Waals surface area contributed by atoms with Gasteiger partial charge in [0.1, 0.15) is 17.2 Å². The van der Waals surface area contributed by atoms with Crippen molar-refractivity contribution in [1.82, 2.24) is 4.98 Å². The zero-order valence-corrected chi connectivity index (χ0v) is 18.9. The number of hydrazone groups is 1. The molecule has 1 aliphatic rings. The highest BCUT2D eigenvalue weighted by Crippen LogP contribution is 2.33. The summed E-state index contributed by atoms with van der Waals surface area (Å²) in [5.41, 5.74) is 3.71. The standard InChI is InChI=1S/C24H16BrN3O2S/c1-15-7-12-19(30-15)13-20-22(17-5-3-2-4-6-17)27-28(23(20)29)24-26-21(14-31-24)16-8-10-18(25)11-9-16/h2-14H,1H3/b20-13+. The SMILES string of the molecule is Cc1ccc(/C=C2/C(=O)N(c3nc(-c4ccc(Br)cc4)cs3)N=C2c2ccccc2)o1. The van der Waals surface area contributed by atoms with E-state index in [4.69, 9.17) is 4.42 Å². The topological polar surface area (TPSA) is 58.7 Å². The molecule has 0 saturated carbocycles. The van der Waals surface area contributed by atoms with Crippen LogP contribution in [0.2, 0.25) is 0 Å². The van der Waals surface area contributed by atoms with Gasteiger partial charge in [-0.15, -0.1) is 11.3 Å². The van der Waals surface area contributed by atoms with E-state index in [0.717, 1.165) is 27.1 Å². The quantitative estimate of drug-likeness (QED) is 0.315. The molecule has 0 spiro atoms. The van der Waals surface area contributed by atoms with Crippen LogP contribution in [-0.2, 0) is 4.79 Å². The third-order valence-electron chi connectivity index (χ3n) is 4.79. The minimum Gasteiger partial charge on any atom is -0.462 e. The van der Waals surface area contributed by atoms with Gasteiger partial charge in [-0.25, -0.2) is 4.98 Å². The van der Waals surface area contributed by atoms with Crippen LogP contribution >= 0.6 is 27.3 Å². The van der Waals surface area contributed by atoms with Gasteiger partial charge < -0.3 is 4.42 Å². The van der Waals surface area contributed by atoms with Crippen LogP contribution in [0.25, 0.3) is 17.3 Å². The number of carbonyl (C=O) groups is 1. The van der Waals surface area contributed by atoms with Crippen molar-refractivity contribution in [2.45, 2.75) is 6.92 Å². The summed E-state index contributed by atoms with van der Waals surface area (Å²) in [6.07, 6.45) is 1.74. The summed E-state index contributed by atoms with van der Waals surface area (Å²) in [4.78, 5) is 18.0. The van der Waals surface area contributed by atoms with Gasteiger partial charge in [-0.3, -0.25) is 4.79 Å². The lowest BCUT2D eigenvalue weighted by Crippen LogP contribution is -2.21. The monoisotopic (exact) mass is 489 g/mol. The van der Waals surface area contributed by atoms with Crippen molar-refractivity contribution < 1.29 is 9.21 Å². The molecule has 31 heavy (non-hydrogen) atoms. The number of thiazole rings is 1. The number of rotatable bonds is 4. The van der Waals surface area contributed by atoms with E-state index < -0.39 is 0 Å². The first-order valence-electron chi connectivity index (χ1n) is 9.57. The van der Waals surface area contributed by atoms with Crippen LogP contribution < -0.4 is 5.01 Å². The van der Waals surface area contributed by atoms with E-state index >= 15 is 0 Å². The van der Waals surface area contributed by atoms with Crippen molar-refractivity contribution in [2.75, 3.05) is 5.01 Å². The number of furan rings is 1. The van der Waals surface area contributed by atoms with Crippen LogP contribution in [0.3, 0.4) is 0 Å². The third-order valence-corrected chi connectivity index (χ3v) is 6.13. The molecule has 0 saturated heterocycles. The Hall–Kier alpha value is -3.29. The van der Waals surface area contributed by atoms with E-state index in [1.54, 1.807) is 6.08 Å². The number of hydrogen-bond donors (Lipinski definition) is 0. The number of benzene rings is 2. The summed E-state index contributed by atoms with van der Waals surface area (Å²) >= 11 is 4.83. The Morgan fingerprint density at radius 2 is 1.77 bits per heavy atom. The van der Waals surface area contributed by atoms with Gasteiger partial charge in [0.15, 0.2) is 0 Å². The zero-order chi connectivity index (χ0) is 21.4. The summed E-state index contributed by atoms with van der Waals surface area (Å²) in [6, 6.07) is 21.3. The van der Waals surface area contributed by atoms with E-state index in [2.05, 4.69) is 26.0 Å². The van der Waals surface area contributed by atoms with E-state index in [0.29, 0.717) is 22.2 Å². The number of hydrogen-bond acceptors (Lipinski definition) is 5. The molecule has 1 amide bonds. The van der Waals surface area contributed by atoms with Gasteiger partial charge in [0, 0.05) is 21.0 Å². The number of aromatic nitrogens is 1. The van der Waals surface area contributed by atoms with E-state index in [1.807, 2.05) is 79.0 Å². The summed E-state index contributed by atoms with van der Waals surface area (Å²) in [6.45, 7) is 1.87. The Labute approximate surface area is 191 Å².